The topological polar surface area (TPSA) is 76.2 Å². The lowest BCUT2D eigenvalue weighted by atomic mass is 10.2. The van der Waals surface area contributed by atoms with E-state index in [0.29, 0.717) is 24.6 Å². The van der Waals surface area contributed by atoms with E-state index in [1.807, 2.05) is 32.0 Å². The zero-order chi connectivity index (χ0) is 22.6. The number of piperazine rings is 1. The predicted octanol–water partition coefficient (Wildman–Crippen LogP) is 3.03. The Labute approximate surface area is 188 Å². The van der Waals surface area contributed by atoms with E-state index in [4.69, 9.17) is 9.47 Å². The number of ether oxygens (including phenoxy) is 2. The number of hydrogen-bond acceptors (Lipinski definition) is 6. The van der Waals surface area contributed by atoms with Gasteiger partial charge in [-0.3, -0.25) is 4.79 Å². The van der Waals surface area contributed by atoms with Crippen molar-refractivity contribution in [3.63, 3.8) is 0 Å². The average Bonchev–Trinajstić information content (AvgIpc) is 2.78. The van der Waals surface area contributed by atoms with Crippen LogP contribution < -0.4 is 9.47 Å². The summed E-state index contributed by atoms with van der Waals surface area (Å²) in [4.78, 5) is 15.8. The Bertz CT molecular complexity index is 1020. The number of sulfonamides is 1. The molecule has 9 heteroatoms. The lowest BCUT2D eigenvalue weighted by Crippen LogP contribution is -2.52. The summed E-state index contributed by atoms with van der Waals surface area (Å²) in [6, 6.07) is 12.4. The molecule has 0 radical (unpaired) electrons. The summed E-state index contributed by atoms with van der Waals surface area (Å²) in [5.74, 6) is 1.24. The van der Waals surface area contributed by atoms with Crippen molar-refractivity contribution < 1.29 is 22.7 Å². The van der Waals surface area contributed by atoms with Gasteiger partial charge in [0.25, 0.3) is 0 Å². The summed E-state index contributed by atoms with van der Waals surface area (Å²) in [5.41, 5.74) is 1.01. The van der Waals surface area contributed by atoms with Crippen LogP contribution in [-0.4, -0.2) is 69.2 Å². The van der Waals surface area contributed by atoms with Crippen LogP contribution in [0.2, 0.25) is 0 Å². The number of methoxy groups -OCH3 is 2. The van der Waals surface area contributed by atoms with Crippen LogP contribution in [0.25, 0.3) is 0 Å². The van der Waals surface area contributed by atoms with Crippen LogP contribution in [0.4, 0.5) is 0 Å². The molecule has 0 aromatic heterocycles. The molecule has 7 nitrogen and oxygen atoms in total. The van der Waals surface area contributed by atoms with Gasteiger partial charge in [0.15, 0.2) is 11.5 Å². The molecular formula is C22H28N2O5S2. The molecule has 0 bridgehead atoms. The van der Waals surface area contributed by atoms with Gasteiger partial charge >= 0.3 is 0 Å². The summed E-state index contributed by atoms with van der Waals surface area (Å²) < 4.78 is 37.7. The van der Waals surface area contributed by atoms with Crippen LogP contribution in [0.3, 0.4) is 0 Å². The zero-order valence-corrected chi connectivity index (χ0v) is 19.8. The number of benzene rings is 2. The maximum absolute atomic E-state index is 12.9. The van der Waals surface area contributed by atoms with Crippen molar-refractivity contribution in [3.05, 3.63) is 48.0 Å². The second-order valence-corrected chi connectivity index (χ2v) is 10.7. The van der Waals surface area contributed by atoms with Crippen LogP contribution in [0, 0.1) is 6.92 Å². The van der Waals surface area contributed by atoms with Gasteiger partial charge in [-0.05, 0) is 44.2 Å². The van der Waals surface area contributed by atoms with Gasteiger partial charge in [-0.15, -0.1) is 11.8 Å². The Kier molecular flexibility index (Phi) is 7.51. The number of rotatable bonds is 7. The van der Waals surface area contributed by atoms with Crippen LogP contribution in [0.15, 0.2) is 52.3 Å². The third-order valence-corrected chi connectivity index (χ3v) is 8.22. The highest BCUT2D eigenvalue weighted by Crippen LogP contribution is 2.34. The zero-order valence-electron chi connectivity index (χ0n) is 18.2. The Hall–Kier alpha value is -2.23. The number of carbonyl (C=O) groups excluding carboxylic acids is 1. The van der Waals surface area contributed by atoms with Crippen molar-refractivity contribution in [2.75, 3.05) is 40.4 Å². The molecule has 1 aliphatic heterocycles. The fraction of sp³-hybridized carbons (Fsp3) is 0.409. The largest absolute Gasteiger partial charge is 0.493 e. The molecule has 1 amide bonds. The highest BCUT2D eigenvalue weighted by atomic mass is 32.2. The quantitative estimate of drug-likeness (QED) is 0.587. The Morgan fingerprint density at radius 2 is 1.58 bits per heavy atom. The van der Waals surface area contributed by atoms with Crippen molar-refractivity contribution in [2.24, 2.45) is 0 Å². The molecule has 0 saturated carbocycles. The van der Waals surface area contributed by atoms with E-state index in [1.165, 1.54) is 16.1 Å². The van der Waals surface area contributed by atoms with Gasteiger partial charge in [-0.25, -0.2) is 8.42 Å². The van der Waals surface area contributed by atoms with E-state index < -0.39 is 10.0 Å². The number of thioether (sulfide) groups is 1. The van der Waals surface area contributed by atoms with Gasteiger partial charge in [-0.1, -0.05) is 17.7 Å². The molecule has 0 aliphatic carbocycles. The highest BCUT2D eigenvalue weighted by molar-refractivity contribution is 8.00. The summed E-state index contributed by atoms with van der Waals surface area (Å²) in [6.45, 7) is 5.11. The van der Waals surface area contributed by atoms with Gasteiger partial charge in [0.1, 0.15) is 0 Å². The molecule has 2 aromatic rings. The minimum absolute atomic E-state index is 0.00725. The maximum Gasteiger partial charge on any atom is 0.243 e. The van der Waals surface area contributed by atoms with Gasteiger partial charge in [0.05, 0.1) is 24.4 Å². The molecule has 0 unspecified atom stereocenters. The molecule has 1 atom stereocenters. The minimum atomic E-state index is -3.55. The number of carbonyl (C=O) groups is 1. The summed E-state index contributed by atoms with van der Waals surface area (Å²) in [5, 5.41) is -0.307. The second-order valence-electron chi connectivity index (χ2n) is 7.32. The first-order valence-electron chi connectivity index (χ1n) is 10.0. The number of amides is 1. The van der Waals surface area contributed by atoms with E-state index in [2.05, 4.69) is 0 Å². The third kappa shape index (κ3) is 5.34. The van der Waals surface area contributed by atoms with E-state index in [-0.39, 0.29) is 29.1 Å². The van der Waals surface area contributed by atoms with Crippen LogP contribution in [0.5, 0.6) is 11.5 Å². The maximum atomic E-state index is 12.9. The number of hydrogen-bond donors (Lipinski definition) is 0. The Balaban J connectivity index is 1.60. The molecule has 0 spiro atoms. The summed E-state index contributed by atoms with van der Waals surface area (Å²) in [7, 11) is -0.393. The molecule has 1 aliphatic rings. The molecule has 2 aromatic carbocycles. The smallest absolute Gasteiger partial charge is 0.243 e. The molecule has 1 heterocycles. The summed E-state index contributed by atoms with van der Waals surface area (Å²) >= 11 is 1.44. The monoisotopic (exact) mass is 464 g/mol. The molecule has 1 fully saturated rings. The standard InChI is InChI=1S/C22H28N2O5S2/c1-16-5-8-19(9-6-16)31(26,27)24-13-11-23(12-14-24)22(25)17(2)30-18-7-10-20(28-3)21(15-18)29-4/h5-10,15,17H,11-14H2,1-4H3/t17-/m0/s1. The molecule has 3 rings (SSSR count). The third-order valence-electron chi connectivity index (χ3n) is 5.22. The summed E-state index contributed by atoms with van der Waals surface area (Å²) in [6.07, 6.45) is 0. The van der Waals surface area contributed by atoms with Crippen molar-refractivity contribution >= 4 is 27.7 Å². The lowest BCUT2D eigenvalue weighted by molar-refractivity contribution is -0.131. The fourth-order valence-electron chi connectivity index (χ4n) is 3.41. The van der Waals surface area contributed by atoms with Gasteiger partial charge < -0.3 is 14.4 Å². The first kappa shape index (κ1) is 23.4. The van der Waals surface area contributed by atoms with Crippen molar-refractivity contribution in [2.45, 2.75) is 28.9 Å². The molecule has 0 N–H and O–H groups in total. The van der Waals surface area contributed by atoms with Crippen molar-refractivity contribution in [3.8, 4) is 11.5 Å². The van der Waals surface area contributed by atoms with E-state index >= 15 is 0 Å². The predicted molar refractivity (Wildman–Crippen MR) is 121 cm³/mol. The number of nitrogens with zero attached hydrogens (tertiary/aromatic N) is 2. The van der Waals surface area contributed by atoms with Gasteiger partial charge in [-0.2, -0.15) is 4.31 Å². The Morgan fingerprint density at radius 1 is 0.968 bits per heavy atom. The van der Waals surface area contributed by atoms with Crippen LogP contribution in [-0.2, 0) is 14.8 Å². The van der Waals surface area contributed by atoms with E-state index in [9.17, 15) is 13.2 Å². The first-order chi connectivity index (χ1) is 14.8. The lowest BCUT2D eigenvalue weighted by Gasteiger charge is -2.35. The average molecular weight is 465 g/mol. The number of aryl methyl sites for hydroxylation is 1. The molecule has 1 saturated heterocycles. The SMILES string of the molecule is COc1ccc(S[C@@H](C)C(=O)N2CCN(S(=O)(=O)c3ccc(C)cc3)CC2)cc1OC. The van der Waals surface area contributed by atoms with E-state index in [0.717, 1.165) is 10.5 Å². The van der Waals surface area contributed by atoms with Crippen LogP contribution in [0.1, 0.15) is 12.5 Å². The second kappa shape index (κ2) is 9.93. The molecule has 168 valence electrons. The normalized spacial score (nSPS) is 16.1. The fourth-order valence-corrected chi connectivity index (χ4v) is 5.81. The van der Waals surface area contributed by atoms with Crippen LogP contribution >= 0.6 is 11.8 Å². The van der Waals surface area contributed by atoms with Gasteiger partial charge in [0, 0.05) is 31.1 Å². The van der Waals surface area contributed by atoms with Crippen molar-refractivity contribution in [1.29, 1.82) is 0 Å². The first-order valence-corrected chi connectivity index (χ1v) is 12.3. The van der Waals surface area contributed by atoms with E-state index in [1.54, 1.807) is 43.4 Å². The highest BCUT2D eigenvalue weighted by Gasteiger charge is 2.31. The Morgan fingerprint density at radius 3 is 2.16 bits per heavy atom. The minimum Gasteiger partial charge on any atom is -0.493 e. The van der Waals surface area contributed by atoms with Crippen molar-refractivity contribution in [1.82, 2.24) is 9.21 Å². The molecular weight excluding hydrogens is 436 g/mol. The molecule has 31 heavy (non-hydrogen) atoms. The van der Waals surface area contributed by atoms with Gasteiger partial charge in [0.2, 0.25) is 15.9 Å².